The SMILES string of the molecule is CC1=C(C(O)C2=C(C)[C@@H](O[Si](C)(C)C(C)(C)C)C[C@H]3[C@](C)(CO[Si](C)(C)C(C)(C)C)[C@@H](O[Si](C)(C)C(C)(C)C)CC[C@]23C)C(=O)OC(C)(C)O1. The highest BCUT2D eigenvalue weighted by Gasteiger charge is 2.62. The summed E-state index contributed by atoms with van der Waals surface area (Å²) in [6, 6.07) is 0. The van der Waals surface area contributed by atoms with Gasteiger partial charge < -0.3 is 27.9 Å². The Morgan fingerprint density at radius 3 is 1.74 bits per heavy atom. The van der Waals surface area contributed by atoms with Crippen LogP contribution in [0.25, 0.3) is 0 Å². The molecule has 290 valence electrons. The van der Waals surface area contributed by atoms with E-state index in [9.17, 15) is 9.90 Å². The van der Waals surface area contributed by atoms with Crippen LogP contribution in [0, 0.1) is 16.7 Å². The first-order valence-electron chi connectivity index (χ1n) is 19.1. The van der Waals surface area contributed by atoms with Crippen molar-refractivity contribution < 1.29 is 32.7 Å². The van der Waals surface area contributed by atoms with E-state index in [-0.39, 0.29) is 38.8 Å². The van der Waals surface area contributed by atoms with Crippen molar-refractivity contribution in [2.24, 2.45) is 16.7 Å². The average molecular weight is 753 g/mol. The Labute approximate surface area is 310 Å². The number of esters is 1. The van der Waals surface area contributed by atoms with Gasteiger partial charge in [-0.2, -0.15) is 0 Å². The number of carbonyl (C=O) groups is 1. The average Bonchev–Trinajstić information content (AvgIpc) is 2.87. The van der Waals surface area contributed by atoms with E-state index in [0.717, 1.165) is 30.4 Å². The molecule has 10 heteroatoms. The topological polar surface area (TPSA) is 83.5 Å². The van der Waals surface area contributed by atoms with Gasteiger partial charge in [-0.15, -0.1) is 0 Å². The molecule has 6 atom stereocenters. The van der Waals surface area contributed by atoms with Crippen molar-refractivity contribution in [2.45, 2.75) is 202 Å². The molecule has 1 N–H and O–H groups in total. The highest BCUT2D eigenvalue weighted by Crippen LogP contribution is 2.63. The third-order valence-corrected chi connectivity index (χ3v) is 27.6. The molecular weight excluding hydrogens is 677 g/mol. The quantitative estimate of drug-likeness (QED) is 0.143. The molecule has 1 fully saturated rings. The zero-order valence-corrected chi connectivity index (χ0v) is 39.0. The minimum absolute atomic E-state index is 0.00614. The van der Waals surface area contributed by atoms with Crippen LogP contribution in [0.1, 0.15) is 123 Å². The summed E-state index contributed by atoms with van der Waals surface area (Å²) >= 11 is 0. The van der Waals surface area contributed by atoms with Gasteiger partial charge in [0.1, 0.15) is 17.4 Å². The van der Waals surface area contributed by atoms with Crippen molar-refractivity contribution in [3.8, 4) is 0 Å². The van der Waals surface area contributed by atoms with Gasteiger partial charge in [-0.25, -0.2) is 4.79 Å². The lowest BCUT2D eigenvalue weighted by Gasteiger charge is -2.62. The van der Waals surface area contributed by atoms with Crippen LogP contribution in [0.5, 0.6) is 0 Å². The van der Waals surface area contributed by atoms with E-state index in [1.807, 2.05) is 0 Å². The summed E-state index contributed by atoms with van der Waals surface area (Å²) in [5, 5.41) is 12.7. The minimum Gasteiger partial charge on any atom is -0.457 e. The maximum atomic E-state index is 13.7. The third kappa shape index (κ3) is 8.16. The summed E-state index contributed by atoms with van der Waals surface area (Å²) in [4.78, 5) is 13.7. The Balaban J connectivity index is 2.33. The molecule has 1 aliphatic heterocycles. The predicted molar refractivity (Wildman–Crippen MR) is 214 cm³/mol. The van der Waals surface area contributed by atoms with Gasteiger partial charge >= 0.3 is 5.97 Å². The van der Waals surface area contributed by atoms with Crippen molar-refractivity contribution >= 4 is 30.9 Å². The van der Waals surface area contributed by atoms with Crippen molar-refractivity contribution in [2.75, 3.05) is 6.61 Å². The van der Waals surface area contributed by atoms with Crippen molar-refractivity contribution in [3.05, 3.63) is 22.5 Å². The standard InChI is InChI=1S/C40H76O7Si3/c1-26-28(46-49(18,19)36(6,7)8)24-29-39(14,32(26)33(41)31-27(2)44-38(12,13)45-34(31)42)23-22-30(47-50(20,21)37(9,10)11)40(29,15)25-43-48(16,17)35(3,4)5/h28-30,33,41H,22-25H2,1-21H3/t28-,29+,30-,33?,39-,40-/m0/s1. The molecule has 1 heterocycles. The second-order valence-electron chi connectivity index (χ2n) is 21.4. The fourth-order valence-electron chi connectivity index (χ4n) is 7.74. The second-order valence-corrected chi connectivity index (χ2v) is 35.7. The number of fused-ring (bicyclic) bond motifs is 1. The number of hydrogen-bond acceptors (Lipinski definition) is 7. The molecule has 0 aromatic heterocycles. The molecule has 1 unspecified atom stereocenters. The van der Waals surface area contributed by atoms with Gasteiger partial charge in [0.05, 0.1) is 12.2 Å². The van der Waals surface area contributed by atoms with Crippen LogP contribution < -0.4 is 0 Å². The van der Waals surface area contributed by atoms with E-state index < -0.39 is 53.6 Å². The largest absolute Gasteiger partial charge is 0.457 e. The molecule has 2 aliphatic carbocycles. The molecule has 3 aliphatic rings. The number of aliphatic hydroxyl groups excluding tert-OH is 1. The fraction of sp³-hybridized carbons (Fsp3) is 0.875. The zero-order chi connectivity index (χ0) is 39.1. The Bertz CT molecular complexity index is 1360. The van der Waals surface area contributed by atoms with Gasteiger partial charge in [0.15, 0.2) is 25.0 Å². The van der Waals surface area contributed by atoms with E-state index in [0.29, 0.717) is 12.4 Å². The van der Waals surface area contributed by atoms with Crippen molar-refractivity contribution in [1.29, 1.82) is 0 Å². The summed E-state index contributed by atoms with van der Waals surface area (Å²) in [7, 11) is -6.59. The zero-order valence-electron chi connectivity index (χ0n) is 36.0. The van der Waals surface area contributed by atoms with Crippen molar-refractivity contribution in [1.82, 2.24) is 0 Å². The number of carbonyl (C=O) groups excluding carboxylic acids is 1. The molecule has 1 saturated carbocycles. The molecule has 0 bridgehead atoms. The normalized spacial score (nSPS) is 30.9. The van der Waals surface area contributed by atoms with Crippen LogP contribution in [-0.2, 0) is 27.5 Å². The van der Waals surface area contributed by atoms with Crippen LogP contribution in [0.2, 0.25) is 54.4 Å². The molecule has 3 rings (SSSR count). The Morgan fingerprint density at radius 1 is 0.800 bits per heavy atom. The molecule has 50 heavy (non-hydrogen) atoms. The number of aliphatic hydroxyl groups is 1. The molecule has 0 spiro atoms. The van der Waals surface area contributed by atoms with E-state index in [4.69, 9.17) is 22.8 Å². The van der Waals surface area contributed by atoms with E-state index in [1.165, 1.54) is 0 Å². The van der Waals surface area contributed by atoms with Gasteiger partial charge in [0.25, 0.3) is 0 Å². The maximum absolute atomic E-state index is 13.7. The maximum Gasteiger partial charge on any atom is 0.343 e. The molecule has 0 aromatic rings. The predicted octanol–water partition coefficient (Wildman–Crippen LogP) is 10.9. The van der Waals surface area contributed by atoms with Crippen LogP contribution in [0.4, 0.5) is 0 Å². The molecule has 0 aromatic carbocycles. The summed E-state index contributed by atoms with van der Waals surface area (Å²) in [5.41, 5.74) is 1.22. The van der Waals surface area contributed by atoms with Crippen molar-refractivity contribution in [3.63, 3.8) is 0 Å². The molecule has 0 radical (unpaired) electrons. The van der Waals surface area contributed by atoms with Gasteiger partial charge in [0.2, 0.25) is 5.79 Å². The third-order valence-electron chi connectivity index (χ3n) is 14.1. The second kappa shape index (κ2) is 13.5. The Morgan fingerprint density at radius 2 is 1.28 bits per heavy atom. The molecule has 0 saturated heterocycles. The van der Waals surface area contributed by atoms with Gasteiger partial charge in [-0.1, -0.05) is 76.2 Å². The summed E-state index contributed by atoms with van der Waals surface area (Å²) < 4.78 is 33.8. The minimum atomic E-state index is -2.26. The first kappa shape index (κ1) is 43.6. The lowest BCUT2D eigenvalue weighted by molar-refractivity contribution is -0.209. The van der Waals surface area contributed by atoms with Gasteiger partial charge in [-0.3, -0.25) is 0 Å². The van der Waals surface area contributed by atoms with E-state index in [1.54, 1.807) is 20.8 Å². The van der Waals surface area contributed by atoms with Crippen LogP contribution >= 0.6 is 0 Å². The molecule has 7 nitrogen and oxygen atoms in total. The number of ether oxygens (including phenoxy) is 2. The number of cyclic esters (lactones) is 1. The fourth-order valence-corrected chi connectivity index (χ4v) is 11.6. The summed E-state index contributed by atoms with van der Waals surface area (Å²) in [6.07, 6.45) is 1.000. The van der Waals surface area contributed by atoms with Crippen LogP contribution in [0.3, 0.4) is 0 Å². The molecule has 0 amide bonds. The lowest BCUT2D eigenvalue weighted by atomic mass is 9.48. The van der Waals surface area contributed by atoms with E-state index >= 15 is 0 Å². The first-order valence-corrected chi connectivity index (χ1v) is 27.8. The Hall–Kier alpha value is -0.759. The molecular formula is C40H76O7Si3. The monoisotopic (exact) mass is 752 g/mol. The summed E-state index contributed by atoms with van der Waals surface area (Å²) in [6.45, 7) is 47.2. The van der Waals surface area contributed by atoms with Gasteiger partial charge in [0, 0.05) is 25.9 Å². The van der Waals surface area contributed by atoms with Crippen LogP contribution in [-0.4, -0.2) is 66.7 Å². The highest BCUT2D eigenvalue weighted by atomic mass is 28.4. The number of hydrogen-bond donors (Lipinski definition) is 1. The first-order chi connectivity index (χ1) is 22.0. The van der Waals surface area contributed by atoms with Crippen LogP contribution in [0.15, 0.2) is 22.5 Å². The number of allylic oxidation sites excluding steroid dienone is 1. The highest BCUT2D eigenvalue weighted by molar-refractivity contribution is 6.75. The smallest absolute Gasteiger partial charge is 0.343 e. The van der Waals surface area contributed by atoms with E-state index in [2.05, 4.69) is 122 Å². The Kier molecular flexibility index (Phi) is 11.8. The summed E-state index contributed by atoms with van der Waals surface area (Å²) in [5.74, 6) is -1.17. The van der Waals surface area contributed by atoms with Gasteiger partial charge in [-0.05, 0) is 110 Å². The lowest BCUT2D eigenvalue weighted by Crippen LogP contribution is -2.63. The number of rotatable bonds is 9.